The summed E-state index contributed by atoms with van der Waals surface area (Å²) in [5, 5.41) is 0. The summed E-state index contributed by atoms with van der Waals surface area (Å²) >= 11 is 3.51. The fraction of sp³-hybridized carbons (Fsp3) is 0.353. The molecule has 0 N–H and O–H groups in total. The molecule has 20 heavy (non-hydrogen) atoms. The summed E-state index contributed by atoms with van der Waals surface area (Å²) in [4.78, 5) is 6.65. The molecule has 1 aromatic heterocycles. The van der Waals surface area contributed by atoms with Crippen LogP contribution < -0.4 is 0 Å². The first kappa shape index (κ1) is 13.8. The molecular formula is C17H19BrN2. The SMILES string of the molecule is Brc1ccc(C2CCCN(Cc3ccncc3)C2)cc1. The molecule has 0 saturated carbocycles. The van der Waals surface area contributed by atoms with E-state index >= 15 is 0 Å². The van der Waals surface area contributed by atoms with Crippen LogP contribution in [0.1, 0.15) is 29.9 Å². The van der Waals surface area contributed by atoms with Crippen molar-refractivity contribution in [3.63, 3.8) is 0 Å². The number of likely N-dealkylation sites (tertiary alicyclic amines) is 1. The Morgan fingerprint density at radius 2 is 1.85 bits per heavy atom. The van der Waals surface area contributed by atoms with E-state index in [1.54, 1.807) is 0 Å². The van der Waals surface area contributed by atoms with Crippen LogP contribution in [0.4, 0.5) is 0 Å². The third-order valence-corrected chi connectivity index (χ3v) is 4.53. The minimum absolute atomic E-state index is 0.665. The van der Waals surface area contributed by atoms with Gasteiger partial charge >= 0.3 is 0 Å². The van der Waals surface area contributed by atoms with Gasteiger partial charge in [0.25, 0.3) is 0 Å². The molecule has 1 atom stereocenters. The van der Waals surface area contributed by atoms with Crippen LogP contribution in [0.3, 0.4) is 0 Å². The number of nitrogens with zero attached hydrogens (tertiary/aromatic N) is 2. The zero-order valence-corrected chi connectivity index (χ0v) is 13.1. The number of hydrogen-bond donors (Lipinski definition) is 0. The molecule has 1 aromatic carbocycles. The lowest BCUT2D eigenvalue weighted by Crippen LogP contribution is -2.33. The lowest BCUT2D eigenvalue weighted by Gasteiger charge is -2.33. The Labute approximate surface area is 129 Å². The number of pyridine rings is 1. The van der Waals surface area contributed by atoms with E-state index < -0.39 is 0 Å². The van der Waals surface area contributed by atoms with Gasteiger partial charge in [-0.25, -0.2) is 0 Å². The molecule has 2 nitrogen and oxygen atoms in total. The Kier molecular flexibility index (Phi) is 4.48. The van der Waals surface area contributed by atoms with Crippen molar-refractivity contribution in [1.29, 1.82) is 0 Å². The van der Waals surface area contributed by atoms with E-state index in [4.69, 9.17) is 0 Å². The molecule has 0 amide bonds. The minimum atomic E-state index is 0.665. The third-order valence-electron chi connectivity index (χ3n) is 4.00. The van der Waals surface area contributed by atoms with Crippen LogP contribution in [-0.4, -0.2) is 23.0 Å². The maximum absolute atomic E-state index is 4.09. The minimum Gasteiger partial charge on any atom is -0.298 e. The van der Waals surface area contributed by atoms with Gasteiger partial charge in [0.1, 0.15) is 0 Å². The first-order valence-electron chi connectivity index (χ1n) is 7.18. The first-order chi connectivity index (χ1) is 9.81. The second-order valence-electron chi connectivity index (χ2n) is 5.48. The van der Waals surface area contributed by atoms with Crippen molar-refractivity contribution in [3.8, 4) is 0 Å². The van der Waals surface area contributed by atoms with E-state index in [2.05, 4.69) is 62.2 Å². The van der Waals surface area contributed by atoms with Gasteiger partial charge in [0.05, 0.1) is 0 Å². The Morgan fingerprint density at radius 1 is 1.10 bits per heavy atom. The Hall–Kier alpha value is -1.19. The van der Waals surface area contributed by atoms with Gasteiger partial charge < -0.3 is 0 Å². The maximum Gasteiger partial charge on any atom is 0.0271 e. The van der Waals surface area contributed by atoms with Crippen molar-refractivity contribution in [2.75, 3.05) is 13.1 Å². The Bertz CT molecular complexity index is 539. The Balaban J connectivity index is 1.66. The van der Waals surface area contributed by atoms with Crippen molar-refractivity contribution >= 4 is 15.9 Å². The van der Waals surface area contributed by atoms with Crippen molar-refractivity contribution in [2.45, 2.75) is 25.3 Å². The molecule has 0 aliphatic carbocycles. The molecule has 2 aromatic rings. The molecule has 0 spiro atoms. The lowest BCUT2D eigenvalue weighted by atomic mass is 9.90. The maximum atomic E-state index is 4.09. The van der Waals surface area contributed by atoms with Gasteiger partial charge in [-0.15, -0.1) is 0 Å². The highest BCUT2D eigenvalue weighted by atomic mass is 79.9. The summed E-state index contributed by atoms with van der Waals surface area (Å²) < 4.78 is 1.16. The van der Waals surface area contributed by atoms with Crippen LogP contribution in [0.15, 0.2) is 53.3 Å². The number of rotatable bonds is 3. The Morgan fingerprint density at radius 3 is 2.60 bits per heavy atom. The molecule has 1 saturated heterocycles. The van der Waals surface area contributed by atoms with Crippen molar-refractivity contribution in [1.82, 2.24) is 9.88 Å². The average molecular weight is 331 g/mol. The summed E-state index contributed by atoms with van der Waals surface area (Å²) in [6, 6.07) is 13.0. The fourth-order valence-electron chi connectivity index (χ4n) is 2.95. The van der Waals surface area contributed by atoms with E-state index in [9.17, 15) is 0 Å². The molecule has 3 rings (SSSR count). The second-order valence-corrected chi connectivity index (χ2v) is 6.40. The lowest BCUT2D eigenvalue weighted by molar-refractivity contribution is 0.200. The third kappa shape index (κ3) is 3.47. The van der Waals surface area contributed by atoms with Gasteiger partial charge in [0.2, 0.25) is 0 Å². The van der Waals surface area contributed by atoms with E-state index in [0.717, 1.165) is 17.6 Å². The van der Waals surface area contributed by atoms with Crippen LogP contribution in [0.25, 0.3) is 0 Å². The first-order valence-corrected chi connectivity index (χ1v) is 7.97. The molecular weight excluding hydrogens is 312 g/mol. The predicted molar refractivity (Wildman–Crippen MR) is 85.6 cm³/mol. The van der Waals surface area contributed by atoms with Gasteiger partial charge in [0, 0.05) is 30.0 Å². The van der Waals surface area contributed by atoms with E-state index in [1.807, 2.05) is 12.4 Å². The van der Waals surface area contributed by atoms with E-state index in [-0.39, 0.29) is 0 Å². The molecule has 1 aliphatic rings. The molecule has 2 heterocycles. The van der Waals surface area contributed by atoms with Gasteiger partial charge in [-0.1, -0.05) is 28.1 Å². The predicted octanol–water partition coefficient (Wildman–Crippen LogP) is 4.22. The van der Waals surface area contributed by atoms with Gasteiger partial charge in [-0.3, -0.25) is 9.88 Å². The van der Waals surface area contributed by atoms with Crippen molar-refractivity contribution in [3.05, 3.63) is 64.4 Å². The number of aromatic nitrogens is 1. The molecule has 3 heteroatoms. The largest absolute Gasteiger partial charge is 0.298 e. The fourth-order valence-corrected chi connectivity index (χ4v) is 3.22. The second kappa shape index (κ2) is 6.51. The number of piperidine rings is 1. The summed E-state index contributed by atoms with van der Waals surface area (Å²) in [5.74, 6) is 0.665. The number of benzene rings is 1. The normalized spacial score (nSPS) is 19.9. The monoisotopic (exact) mass is 330 g/mol. The number of halogens is 1. The summed E-state index contributed by atoms with van der Waals surface area (Å²) in [6.45, 7) is 3.40. The molecule has 1 fully saturated rings. The van der Waals surface area contributed by atoms with Crippen LogP contribution in [0.5, 0.6) is 0 Å². The van der Waals surface area contributed by atoms with Crippen LogP contribution in [-0.2, 0) is 6.54 Å². The zero-order valence-electron chi connectivity index (χ0n) is 11.5. The number of hydrogen-bond acceptors (Lipinski definition) is 2. The molecule has 1 unspecified atom stereocenters. The highest BCUT2D eigenvalue weighted by Gasteiger charge is 2.21. The smallest absolute Gasteiger partial charge is 0.0271 e. The average Bonchev–Trinajstić information content (AvgIpc) is 2.49. The van der Waals surface area contributed by atoms with Gasteiger partial charge in [-0.05, 0) is 60.7 Å². The summed E-state index contributed by atoms with van der Waals surface area (Å²) in [5.41, 5.74) is 2.82. The van der Waals surface area contributed by atoms with Crippen molar-refractivity contribution < 1.29 is 0 Å². The van der Waals surface area contributed by atoms with Crippen LogP contribution in [0, 0.1) is 0 Å². The van der Waals surface area contributed by atoms with Crippen LogP contribution in [0.2, 0.25) is 0 Å². The van der Waals surface area contributed by atoms with Gasteiger partial charge in [0.15, 0.2) is 0 Å². The van der Waals surface area contributed by atoms with E-state index in [1.165, 1.54) is 30.5 Å². The standard InChI is InChI=1S/C17H19BrN2/c18-17-5-3-15(4-6-17)16-2-1-11-20(13-16)12-14-7-9-19-10-8-14/h3-10,16H,1-2,11-13H2. The quantitative estimate of drug-likeness (QED) is 0.837. The zero-order chi connectivity index (χ0) is 13.8. The molecule has 104 valence electrons. The van der Waals surface area contributed by atoms with E-state index in [0.29, 0.717) is 5.92 Å². The molecule has 0 radical (unpaired) electrons. The molecule has 0 bridgehead atoms. The topological polar surface area (TPSA) is 16.1 Å². The van der Waals surface area contributed by atoms with Gasteiger partial charge in [-0.2, -0.15) is 0 Å². The highest BCUT2D eigenvalue weighted by Crippen LogP contribution is 2.28. The molecule has 1 aliphatic heterocycles. The van der Waals surface area contributed by atoms with Crippen LogP contribution >= 0.6 is 15.9 Å². The highest BCUT2D eigenvalue weighted by molar-refractivity contribution is 9.10. The summed E-state index contributed by atoms with van der Waals surface area (Å²) in [7, 11) is 0. The van der Waals surface area contributed by atoms with Crippen molar-refractivity contribution in [2.24, 2.45) is 0 Å². The summed E-state index contributed by atoms with van der Waals surface area (Å²) in [6.07, 6.45) is 6.34.